The molecule has 6 amide bonds. The average Bonchev–Trinajstić information content (AvgIpc) is 1.59. The minimum Gasteiger partial charge on any atom is -1.00 e. The third kappa shape index (κ3) is 4.06. The van der Waals surface area contributed by atoms with Crippen LogP contribution >= 0.6 is 0 Å². The maximum atomic E-state index is 10.2. The number of carbonyl (C=O) groups excluding carboxylic acids is 3. The summed E-state index contributed by atoms with van der Waals surface area (Å²) < 4.78 is 0. The molecule has 0 spiro atoms. The van der Waals surface area contributed by atoms with Crippen molar-refractivity contribution >= 4 is 18.1 Å². The molecule has 0 aromatic heterocycles. The van der Waals surface area contributed by atoms with E-state index in [4.69, 9.17) is 0 Å². The second-order valence-electron chi connectivity index (χ2n) is 1.45. The molecule has 1 rings (SSSR count). The molecular weight excluding hydrogens is 286 g/mol. The van der Waals surface area contributed by atoms with Gasteiger partial charge >= 0.3 is 18.1 Å². The highest BCUT2D eigenvalue weighted by atomic mass is 79.9. The summed E-state index contributed by atoms with van der Waals surface area (Å²) in [6.45, 7) is 0. The van der Waals surface area contributed by atoms with Crippen molar-refractivity contribution in [2.75, 3.05) is 0 Å². The van der Waals surface area contributed by atoms with E-state index in [1.165, 1.54) is 0 Å². The lowest BCUT2D eigenvalue weighted by Gasteiger charge is -2.05. The van der Waals surface area contributed by atoms with Gasteiger partial charge in [-0.3, -0.25) is 0 Å². The zero-order chi connectivity index (χ0) is 6.85. The van der Waals surface area contributed by atoms with Gasteiger partial charge in [-0.15, -0.1) is 0 Å². The smallest absolute Gasteiger partial charge is 0.430 e. The highest BCUT2D eigenvalue weighted by Gasteiger charge is 2.24. The summed E-state index contributed by atoms with van der Waals surface area (Å²) in [5.41, 5.74) is 0. The minimum atomic E-state index is -0.771. The molecule has 4 N–H and O–H groups in total. The van der Waals surface area contributed by atoms with E-state index < -0.39 is 18.1 Å². The topological polar surface area (TPSA) is 91.9 Å². The summed E-state index contributed by atoms with van der Waals surface area (Å²) in [5, 5.41) is 4.45. The molecule has 64 valence electrons. The van der Waals surface area contributed by atoms with Crippen LogP contribution in [0, 0.1) is 0 Å². The van der Waals surface area contributed by atoms with Gasteiger partial charge in [0.25, 0.3) is 0 Å². The molecule has 0 saturated carbocycles. The lowest BCUT2D eigenvalue weighted by Crippen LogP contribution is -3.00. The van der Waals surface area contributed by atoms with Crippen LogP contribution in [0.5, 0.6) is 0 Å². The second-order valence-corrected chi connectivity index (χ2v) is 1.45. The van der Waals surface area contributed by atoms with Crippen molar-refractivity contribution in [2.45, 2.75) is 0 Å². The third-order valence-electron chi connectivity index (χ3n) is 0.736. The Morgan fingerprint density at radius 2 is 1.27 bits per heavy atom. The van der Waals surface area contributed by atoms with Crippen molar-refractivity contribution in [3.8, 4) is 0 Å². The van der Waals surface area contributed by atoms with Crippen LogP contribution in [0.4, 0.5) is 14.4 Å². The molecule has 0 aromatic carbocycles. The predicted molar refractivity (Wildman–Crippen MR) is 24.4 cm³/mol. The van der Waals surface area contributed by atoms with E-state index in [9.17, 15) is 14.4 Å². The van der Waals surface area contributed by atoms with Crippen LogP contribution < -0.4 is 49.9 Å². The van der Waals surface area contributed by atoms with Gasteiger partial charge < -0.3 is 34.0 Å². The normalized spacial score (nSPS) is 15.5. The Bertz CT molecular complexity index is 149. The SMILES string of the molecule is O=C1NC(=O)[NH2+]C(=O)N1.[Br-].[Br-]. The van der Waals surface area contributed by atoms with Crippen molar-refractivity contribution < 1.29 is 53.7 Å². The van der Waals surface area contributed by atoms with Crippen LogP contribution in [0.15, 0.2) is 0 Å². The Hall–Kier alpha value is -0.470. The van der Waals surface area contributed by atoms with E-state index in [-0.39, 0.29) is 34.0 Å². The summed E-state index contributed by atoms with van der Waals surface area (Å²) in [4.78, 5) is 30.7. The average molecular weight is 290 g/mol. The number of halogens is 2. The van der Waals surface area contributed by atoms with Crippen LogP contribution in [0.3, 0.4) is 0 Å². The van der Waals surface area contributed by atoms with Gasteiger partial charge in [-0.25, -0.2) is 25.0 Å². The Morgan fingerprint density at radius 1 is 0.909 bits per heavy atom. The van der Waals surface area contributed by atoms with Crippen molar-refractivity contribution in [3.05, 3.63) is 0 Å². The standard InChI is InChI=1S/C3H3N3O3.2BrH/c7-1-4-2(8)6-3(9)5-1;;/h(H3,4,5,6,7,8,9);2*1H/p-1. The molecule has 1 aliphatic heterocycles. The fourth-order valence-electron chi connectivity index (χ4n) is 0.446. The monoisotopic (exact) mass is 288 g/mol. The number of hydrogen-bond acceptors (Lipinski definition) is 3. The largest absolute Gasteiger partial charge is 1.00 e. The first-order chi connectivity index (χ1) is 4.18. The molecule has 1 aliphatic rings. The van der Waals surface area contributed by atoms with Crippen molar-refractivity contribution in [1.29, 1.82) is 0 Å². The molecule has 0 radical (unpaired) electrons. The lowest BCUT2D eigenvalue weighted by molar-refractivity contribution is -0.452. The van der Waals surface area contributed by atoms with E-state index in [0.717, 1.165) is 5.32 Å². The molecular formula is C3H4Br2N3O3-. The number of rotatable bonds is 0. The van der Waals surface area contributed by atoms with Crippen LogP contribution in [0.25, 0.3) is 0 Å². The van der Waals surface area contributed by atoms with Crippen molar-refractivity contribution in [2.24, 2.45) is 0 Å². The predicted octanol–water partition coefficient (Wildman–Crippen LogP) is -7.89. The van der Waals surface area contributed by atoms with E-state index >= 15 is 0 Å². The number of amides is 6. The number of nitrogens with two attached hydrogens (primary N) is 1. The number of primary amides is 2. The summed E-state index contributed by atoms with van der Waals surface area (Å²) >= 11 is 0. The Labute approximate surface area is 82.6 Å². The maximum absolute atomic E-state index is 10.2. The molecule has 1 saturated heterocycles. The molecule has 0 bridgehead atoms. The number of carbonyl (C=O) groups is 3. The summed E-state index contributed by atoms with van der Waals surface area (Å²) in [6, 6.07) is -2.12. The third-order valence-corrected chi connectivity index (χ3v) is 0.736. The number of imide groups is 3. The van der Waals surface area contributed by atoms with Crippen LogP contribution in [0.2, 0.25) is 0 Å². The van der Waals surface area contributed by atoms with E-state index in [1.807, 2.05) is 10.6 Å². The first-order valence-corrected chi connectivity index (χ1v) is 2.19. The highest BCUT2D eigenvalue weighted by Crippen LogP contribution is 1.66. The molecule has 11 heavy (non-hydrogen) atoms. The highest BCUT2D eigenvalue weighted by molar-refractivity contribution is 6.02. The van der Waals surface area contributed by atoms with E-state index in [2.05, 4.69) is 0 Å². The Kier molecular flexibility index (Phi) is 6.23. The van der Waals surface area contributed by atoms with Gasteiger partial charge in [0.15, 0.2) is 0 Å². The molecule has 8 heteroatoms. The number of nitrogens with one attached hydrogen (secondary N) is 2. The number of urea groups is 3. The van der Waals surface area contributed by atoms with Gasteiger partial charge in [-0.1, -0.05) is 0 Å². The first kappa shape index (κ1) is 13.1. The maximum Gasteiger partial charge on any atom is 0.430 e. The van der Waals surface area contributed by atoms with Crippen LogP contribution in [-0.4, -0.2) is 18.1 Å². The molecule has 0 aromatic rings. The van der Waals surface area contributed by atoms with Crippen molar-refractivity contribution in [3.63, 3.8) is 0 Å². The Balaban J connectivity index is 0. The van der Waals surface area contributed by atoms with E-state index in [1.54, 1.807) is 0 Å². The fraction of sp³-hybridized carbons (Fsp3) is 0. The molecule has 1 fully saturated rings. The Morgan fingerprint density at radius 3 is 1.55 bits per heavy atom. The lowest BCUT2D eigenvalue weighted by atomic mass is 10.7. The summed E-state index contributed by atoms with van der Waals surface area (Å²) in [7, 11) is 0. The number of quaternary nitrogens is 1. The second kappa shape index (κ2) is 5.22. The quantitative estimate of drug-likeness (QED) is 0.414. The van der Waals surface area contributed by atoms with Gasteiger partial charge in [-0.05, 0) is 0 Å². The molecule has 0 atom stereocenters. The zero-order valence-electron chi connectivity index (χ0n) is 5.06. The van der Waals surface area contributed by atoms with Gasteiger partial charge in [0.1, 0.15) is 0 Å². The molecule has 1 heterocycles. The molecule has 0 unspecified atom stereocenters. The van der Waals surface area contributed by atoms with E-state index in [0.29, 0.717) is 0 Å². The summed E-state index contributed by atoms with van der Waals surface area (Å²) in [6.07, 6.45) is 0. The summed E-state index contributed by atoms with van der Waals surface area (Å²) in [5.74, 6) is 0. The van der Waals surface area contributed by atoms with Gasteiger partial charge in [0.05, 0.1) is 0 Å². The number of hydrogen-bond donors (Lipinski definition) is 3. The fourth-order valence-corrected chi connectivity index (χ4v) is 0.446. The first-order valence-electron chi connectivity index (χ1n) is 2.19. The minimum absolute atomic E-state index is 0. The molecule has 0 aliphatic carbocycles. The van der Waals surface area contributed by atoms with Gasteiger partial charge in [-0.2, -0.15) is 5.32 Å². The molecule has 6 nitrogen and oxygen atoms in total. The van der Waals surface area contributed by atoms with Crippen molar-refractivity contribution in [1.82, 2.24) is 10.6 Å². The van der Waals surface area contributed by atoms with Gasteiger partial charge in [0, 0.05) is 0 Å². The van der Waals surface area contributed by atoms with Crippen LogP contribution in [-0.2, 0) is 0 Å². The zero-order valence-corrected chi connectivity index (χ0v) is 8.23. The van der Waals surface area contributed by atoms with Crippen LogP contribution in [0.1, 0.15) is 0 Å². The van der Waals surface area contributed by atoms with Gasteiger partial charge in [0.2, 0.25) is 0 Å².